The van der Waals surface area contributed by atoms with Gasteiger partial charge in [0.15, 0.2) is 0 Å². The second-order valence-electron chi connectivity index (χ2n) is 4.95. The van der Waals surface area contributed by atoms with Crippen molar-refractivity contribution < 1.29 is 0 Å². The first-order chi connectivity index (χ1) is 9.08. The zero-order valence-electron chi connectivity index (χ0n) is 11.7. The van der Waals surface area contributed by atoms with E-state index in [0.29, 0.717) is 6.04 Å². The highest BCUT2D eigenvalue weighted by Gasteiger charge is 2.13. The average molecular weight is 338 g/mol. The van der Waals surface area contributed by atoms with Crippen LogP contribution in [0.3, 0.4) is 0 Å². The Bertz CT molecular complexity index is 527. The summed E-state index contributed by atoms with van der Waals surface area (Å²) >= 11 is 5.37. The van der Waals surface area contributed by atoms with Crippen molar-refractivity contribution in [3.05, 3.63) is 55.7 Å². The van der Waals surface area contributed by atoms with E-state index < -0.39 is 0 Å². The minimum absolute atomic E-state index is 0.405. The molecule has 0 aliphatic heterocycles. The van der Waals surface area contributed by atoms with E-state index in [0.717, 1.165) is 13.0 Å². The lowest BCUT2D eigenvalue weighted by molar-refractivity contribution is 0.558. The maximum atomic E-state index is 3.59. The molecular formula is C16H20BrNS. The highest BCUT2D eigenvalue weighted by Crippen LogP contribution is 2.29. The van der Waals surface area contributed by atoms with Crippen LogP contribution in [0.5, 0.6) is 0 Å². The molecule has 1 atom stereocenters. The van der Waals surface area contributed by atoms with Crippen LogP contribution in [0.25, 0.3) is 0 Å². The number of halogens is 1. The van der Waals surface area contributed by atoms with Crippen molar-refractivity contribution in [2.24, 2.45) is 0 Å². The van der Waals surface area contributed by atoms with E-state index in [-0.39, 0.29) is 0 Å². The summed E-state index contributed by atoms with van der Waals surface area (Å²) in [6.45, 7) is 7.49. The van der Waals surface area contributed by atoms with Crippen molar-refractivity contribution in [2.45, 2.75) is 33.2 Å². The van der Waals surface area contributed by atoms with Crippen molar-refractivity contribution >= 4 is 27.3 Å². The highest BCUT2D eigenvalue weighted by atomic mass is 79.9. The Kier molecular flexibility index (Phi) is 5.20. The summed E-state index contributed by atoms with van der Waals surface area (Å²) in [5.74, 6) is 0. The molecule has 3 heteroatoms. The second-order valence-corrected chi connectivity index (χ2v) is 7.45. The van der Waals surface area contributed by atoms with Crippen LogP contribution in [-0.2, 0) is 6.42 Å². The maximum absolute atomic E-state index is 3.59. The minimum Gasteiger partial charge on any atom is -0.309 e. The first-order valence-corrected chi connectivity index (χ1v) is 8.25. The van der Waals surface area contributed by atoms with Gasteiger partial charge >= 0.3 is 0 Å². The summed E-state index contributed by atoms with van der Waals surface area (Å²) < 4.78 is 1.20. The van der Waals surface area contributed by atoms with Crippen LogP contribution in [0.4, 0.5) is 0 Å². The molecule has 0 saturated heterocycles. The van der Waals surface area contributed by atoms with Crippen LogP contribution in [0, 0.1) is 13.8 Å². The van der Waals surface area contributed by atoms with Gasteiger partial charge in [-0.05, 0) is 60.4 Å². The van der Waals surface area contributed by atoms with Crippen molar-refractivity contribution in [1.82, 2.24) is 5.32 Å². The lowest BCUT2D eigenvalue weighted by Gasteiger charge is -2.17. The third-order valence-electron chi connectivity index (χ3n) is 3.11. The average Bonchev–Trinajstić information content (AvgIpc) is 2.74. The lowest BCUT2D eigenvalue weighted by atomic mass is 10.0. The largest absolute Gasteiger partial charge is 0.309 e. The number of hydrogen-bond donors (Lipinski definition) is 1. The zero-order valence-corrected chi connectivity index (χ0v) is 14.1. The van der Waals surface area contributed by atoms with Crippen LogP contribution >= 0.6 is 27.3 Å². The van der Waals surface area contributed by atoms with E-state index >= 15 is 0 Å². The molecular weight excluding hydrogens is 318 g/mol. The molecule has 102 valence electrons. The standard InChI is InChI=1S/C16H20BrNS/c1-4-18-14(15-5-6-16(17)19-15)10-13-8-11(2)7-12(3)9-13/h5-9,14,18H,4,10H2,1-3H3. The fourth-order valence-corrected chi connectivity index (χ4v) is 3.96. The van der Waals surface area contributed by atoms with E-state index in [4.69, 9.17) is 0 Å². The molecule has 1 N–H and O–H groups in total. The number of rotatable bonds is 5. The van der Waals surface area contributed by atoms with Crippen LogP contribution in [0.1, 0.15) is 34.5 Å². The molecule has 0 bridgehead atoms. The molecule has 1 heterocycles. The molecule has 0 saturated carbocycles. The first kappa shape index (κ1) is 14.8. The number of thiophene rings is 1. The van der Waals surface area contributed by atoms with Gasteiger partial charge in [-0.2, -0.15) is 0 Å². The minimum atomic E-state index is 0.405. The highest BCUT2D eigenvalue weighted by molar-refractivity contribution is 9.11. The van der Waals surface area contributed by atoms with E-state index in [1.807, 2.05) is 11.3 Å². The summed E-state index contributed by atoms with van der Waals surface area (Å²) in [4.78, 5) is 1.40. The zero-order chi connectivity index (χ0) is 13.8. The molecule has 2 aromatic rings. The van der Waals surface area contributed by atoms with Gasteiger partial charge in [0.2, 0.25) is 0 Å². The summed E-state index contributed by atoms with van der Waals surface area (Å²) in [6, 6.07) is 11.6. The Labute approximate surface area is 128 Å². The van der Waals surface area contributed by atoms with Crippen molar-refractivity contribution in [2.75, 3.05) is 6.54 Å². The van der Waals surface area contributed by atoms with Gasteiger partial charge in [0, 0.05) is 10.9 Å². The van der Waals surface area contributed by atoms with Crippen molar-refractivity contribution in [3.8, 4) is 0 Å². The quantitative estimate of drug-likeness (QED) is 0.807. The Balaban J connectivity index is 2.20. The first-order valence-electron chi connectivity index (χ1n) is 6.64. The smallest absolute Gasteiger partial charge is 0.0701 e. The van der Waals surface area contributed by atoms with Gasteiger partial charge < -0.3 is 5.32 Å². The Morgan fingerprint density at radius 2 is 1.84 bits per heavy atom. The molecule has 0 amide bonds. The predicted octanol–water partition coefficient (Wildman–Crippen LogP) is 5.02. The molecule has 19 heavy (non-hydrogen) atoms. The summed E-state index contributed by atoms with van der Waals surface area (Å²) in [6.07, 6.45) is 1.04. The van der Waals surface area contributed by atoms with Gasteiger partial charge in [-0.1, -0.05) is 36.2 Å². The molecule has 0 radical (unpaired) electrons. The van der Waals surface area contributed by atoms with E-state index in [9.17, 15) is 0 Å². The molecule has 1 aromatic heterocycles. The molecule has 0 aliphatic rings. The summed E-state index contributed by atoms with van der Waals surface area (Å²) in [7, 11) is 0. The third kappa shape index (κ3) is 4.16. The molecule has 1 unspecified atom stereocenters. The predicted molar refractivity (Wildman–Crippen MR) is 88.1 cm³/mol. The second kappa shape index (κ2) is 6.69. The topological polar surface area (TPSA) is 12.0 Å². The van der Waals surface area contributed by atoms with Crippen molar-refractivity contribution in [1.29, 1.82) is 0 Å². The molecule has 2 rings (SSSR count). The normalized spacial score (nSPS) is 12.6. The summed E-state index contributed by atoms with van der Waals surface area (Å²) in [5, 5.41) is 3.59. The number of benzene rings is 1. The van der Waals surface area contributed by atoms with Gasteiger partial charge in [0.1, 0.15) is 0 Å². The Morgan fingerprint density at radius 1 is 1.16 bits per heavy atom. The number of aryl methyl sites for hydroxylation is 2. The van der Waals surface area contributed by atoms with E-state index in [2.05, 4.69) is 72.3 Å². The van der Waals surface area contributed by atoms with E-state index in [1.54, 1.807) is 0 Å². The van der Waals surface area contributed by atoms with Gasteiger partial charge in [-0.25, -0.2) is 0 Å². The fraction of sp³-hybridized carbons (Fsp3) is 0.375. The molecule has 1 aromatic carbocycles. The van der Waals surface area contributed by atoms with Gasteiger partial charge in [-0.15, -0.1) is 11.3 Å². The van der Waals surface area contributed by atoms with Crippen LogP contribution < -0.4 is 5.32 Å². The van der Waals surface area contributed by atoms with Crippen LogP contribution in [-0.4, -0.2) is 6.54 Å². The van der Waals surface area contributed by atoms with Gasteiger partial charge in [0.05, 0.1) is 3.79 Å². The molecule has 1 nitrogen and oxygen atoms in total. The fourth-order valence-electron chi connectivity index (χ4n) is 2.46. The summed E-state index contributed by atoms with van der Waals surface area (Å²) in [5.41, 5.74) is 4.10. The molecule has 0 spiro atoms. The maximum Gasteiger partial charge on any atom is 0.0701 e. The van der Waals surface area contributed by atoms with Gasteiger partial charge in [0.25, 0.3) is 0 Å². The lowest BCUT2D eigenvalue weighted by Crippen LogP contribution is -2.22. The molecule has 0 fully saturated rings. The van der Waals surface area contributed by atoms with Crippen molar-refractivity contribution in [3.63, 3.8) is 0 Å². The van der Waals surface area contributed by atoms with E-state index in [1.165, 1.54) is 25.4 Å². The van der Waals surface area contributed by atoms with Gasteiger partial charge in [-0.3, -0.25) is 0 Å². The van der Waals surface area contributed by atoms with Crippen LogP contribution in [0.2, 0.25) is 0 Å². The number of nitrogens with one attached hydrogen (secondary N) is 1. The SMILES string of the molecule is CCNC(Cc1cc(C)cc(C)c1)c1ccc(Br)s1. The number of likely N-dealkylation sites (N-methyl/N-ethyl adjacent to an activating group) is 1. The van der Waals surface area contributed by atoms with Crippen LogP contribution in [0.15, 0.2) is 34.1 Å². The molecule has 0 aliphatic carbocycles. The Hall–Kier alpha value is -0.640. The third-order valence-corrected chi connectivity index (χ3v) is 4.85. The Morgan fingerprint density at radius 3 is 2.37 bits per heavy atom. The number of hydrogen-bond acceptors (Lipinski definition) is 2. The monoisotopic (exact) mass is 337 g/mol.